The normalized spacial score (nSPS) is 23.1. The van der Waals surface area contributed by atoms with Gasteiger partial charge in [-0.3, -0.25) is 24.5 Å². The quantitative estimate of drug-likeness (QED) is 0.289. The van der Waals surface area contributed by atoms with Gasteiger partial charge in [-0.05, 0) is 35.9 Å². The molecule has 3 aromatic rings. The van der Waals surface area contributed by atoms with E-state index >= 15 is 0 Å². The van der Waals surface area contributed by atoms with E-state index in [0.29, 0.717) is 10.6 Å². The topological polar surface area (TPSA) is 113 Å². The van der Waals surface area contributed by atoms with Crippen molar-refractivity contribution < 1.29 is 32.5 Å². The van der Waals surface area contributed by atoms with Crippen LogP contribution in [0.25, 0.3) is 6.08 Å². The lowest BCUT2D eigenvalue weighted by Gasteiger charge is -2.36. The van der Waals surface area contributed by atoms with E-state index in [4.69, 9.17) is 0 Å². The average Bonchev–Trinajstić information content (AvgIpc) is 3.41. The number of benzene rings is 3. The number of nitro benzene ring substituents is 1. The minimum Gasteiger partial charge on any atom is -0.351 e. The molecule has 9 nitrogen and oxygen atoms in total. The molecule has 0 bridgehead atoms. The van der Waals surface area contributed by atoms with Gasteiger partial charge in [0.25, 0.3) is 5.69 Å². The lowest BCUT2D eigenvalue weighted by atomic mass is 9.88. The van der Waals surface area contributed by atoms with E-state index in [-0.39, 0.29) is 11.4 Å². The van der Waals surface area contributed by atoms with Gasteiger partial charge in [0.2, 0.25) is 17.7 Å². The Morgan fingerprint density at radius 2 is 1.50 bits per heavy atom. The van der Waals surface area contributed by atoms with Crippen molar-refractivity contribution in [3.8, 4) is 0 Å². The summed E-state index contributed by atoms with van der Waals surface area (Å²) < 4.78 is 41.5. The second-order valence-electron chi connectivity index (χ2n) is 9.63. The van der Waals surface area contributed by atoms with Gasteiger partial charge in [0.1, 0.15) is 6.04 Å². The molecule has 2 saturated heterocycles. The third-order valence-corrected chi connectivity index (χ3v) is 7.48. The number of fused-ring (bicyclic) bond motifs is 5. The molecular formula is C28H19F3N4O5. The second kappa shape index (κ2) is 9.04. The maximum atomic E-state index is 13.9. The Balaban J connectivity index is 1.43. The van der Waals surface area contributed by atoms with Crippen LogP contribution >= 0.6 is 0 Å². The summed E-state index contributed by atoms with van der Waals surface area (Å²) in [6.45, 7) is 0. The van der Waals surface area contributed by atoms with E-state index in [1.807, 2.05) is 0 Å². The van der Waals surface area contributed by atoms with Gasteiger partial charge in [0.15, 0.2) is 0 Å². The molecule has 3 aromatic carbocycles. The first kappa shape index (κ1) is 25.3. The Morgan fingerprint density at radius 1 is 0.875 bits per heavy atom. The molecule has 0 saturated carbocycles. The van der Waals surface area contributed by atoms with Gasteiger partial charge < -0.3 is 10.2 Å². The number of nitrogens with one attached hydrogen (secondary N) is 1. The van der Waals surface area contributed by atoms with E-state index in [0.717, 1.165) is 17.7 Å². The minimum absolute atomic E-state index is 0.190. The average molecular weight is 548 g/mol. The molecule has 3 aliphatic rings. The van der Waals surface area contributed by atoms with Crippen LogP contribution in [0.4, 0.5) is 35.9 Å². The fraction of sp³-hybridized carbons (Fsp3) is 0.179. The lowest BCUT2D eigenvalue weighted by Crippen LogP contribution is -2.50. The Labute approximate surface area is 224 Å². The van der Waals surface area contributed by atoms with Crippen LogP contribution in [0.2, 0.25) is 0 Å². The Morgan fingerprint density at radius 3 is 2.17 bits per heavy atom. The standard InChI is InChI=1S/C28H19F3N4O5/c29-28(30,31)18-6-2-4-8-20(18)34-26(37)22-21-14-9-15-5-1-3-7-19(15)33(21)24(23(22)27(34)38)25(36)32-16-10-12-17(13-11-16)35(39)40/h1-14,21-24H,(H,32,36)/t21-,22+,23-,24-/m0/s1. The summed E-state index contributed by atoms with van der Waals surface area (Å²) >= 11 is 0. The largest absolute Gasteiger partial charge is 0.418 e. The van der Waals surface area contributed by atoms with Crippen molar-refractivity contribution in [1.29, 1.82) is 0 Å². The molecule has 3 aliphatic heterocycles. The van der Waals surface area contributed by atoms with Gasteiger partial charge in [0.05, 0.1) is 34.1 Å². The van der Waals surface area contributed by atoms with Crippen molar-refractivity contribution in [2.75, 3.05) is 15.1 Å². The number of non-ortho nitro benzene ring substituents is 1. The molecule has 1 N–H and O–H groups in total. The van der Waals surface area contributed by atoms with Gasteiger partial charge in [-0.2, -0.15) is 13.2 Å². The summed E-state index contributed by atoms with van der Waals surface area (Å²) in [6.07, 6.45) is -1.38. The van der Waals surface area contributed by atoms with Gasteiger partial charge in [0, 0.05) is 23.5 Å². The molecule has 0 aliphatic carbocycles. The number of carbonyl (C=O) groups is 3. The van der Waals surface area contributed by atoms with Crippen molar-refractivity contribution in [1.82, 2.24) is 0 Å². The molecule has 12 heteroatoms. The summed E-state index contributed by atoms with van der Waals surface area (Å²) in [5.74, 6) is -4.81. The van der Waals surface area contributed by atoms with Crippen molar-refractivity contribution in [3.05, 3.63) is 100 Å². The zero-order valence-corrected chi connectivity index (χ0v) is 20.4. The van der Waals surface area contributed by atoms with E-state index in [1.54, 1.807) is 41.3 Å². The van der Waals surface area contributed by atoms with E-state index < -0.39 is 64.0 Å². The summed E-state index contributed by atoms with van der Waals surface area (Å²) in [4.78, 5) is 54.0. The van der Waals surface area contributed by atoms with Gasteiger partial charge in [-0.15, -0.1) is 0 Å². The molecule has 40 heavy (non-hydrogen) atoms. The molecule has 0 unspecified atom stereocenters. The number of amides is 3. The van der Waals surface area contributed by atoms with Crippen LogP contribution in [-0.2, 0) is 20.6 Å². The number of hydrogen-bond acceptors (Lipinski definition) is 6. The first-order valence-electron chi connectivity index (χ1n) is 12.2. The maximum Gasteiger partial charge on any atom is 0.418 e. The zero-order chi connectivity index (χ0) is 28.3. The molecule has 0 spiro atoms. The fourth-order valence-electron chi connectivity index (χ4n) is 5.84. The predicted molar refractivity (Wildman–Crippen MR) is 138 cm³/mol. The number of halogens is 3. The number of anilines is 3. The summed E-state index contributed by atoms with van der Waals surface area (Å²) in [5.41, 5.74) is -0.357. The van der Waals surface area contributed by atoms with E-state index in [9.17, 15) is 37.7 Å². The van der Waals surface area contributed by atoms with Crippen molar-refractivity contribution >= 4 is 46.5 Å². The highest BCUT2D eigenvalue weighted by Gasteiger charge is 2.65. The lowest BCUT2D eigenvalue weighted by molar-refractivity contribution is -0.384. The summed E-state index contributed by atoms with van der Waals surface area (Å²) in [5, 5.41) is 13.7. The second-order valence-corrected chi connectivity index (χ2v) is 9.63. The summed E-state index contributed by atoms with van der Waals surface area (Å²) in [6, 6.07) is 14.5. The number of hydrogen-bond donors (Lipinski definition) is 1. The van der Waals surface area contributed by atoms with Gasteiger partial charge in [-0.1, -0.05) is 42.5 Å². The van der Waals surface area contributed by atoms with Crippen LogP contribution in [0, 0.1) is 22.0 Å². The van der Waals surface area contributed by atoms with Crippen molar-refractivity contribution in [2.24, 2.45) is 11.8 Å². The monoisotopic (exact) mass is 548 g/mol. The number of rotatable bonds is 4. The molecular weight excluding hydrogens is 529 g/mol. The smallest absolute Gasteiger partial charge is 0.351 e. The zero-order valence-electron chi connectivity index (χ0n) is 20.4. The highest BCUT2D eigenvalue weighted by Crippen LogP contribution is 2.50. The molecule has 4 atom stereocenters. The first-order valence-corrected chi connectivity index (χ1v) is 12.2. The number of carbonyl (C=O) groups excluding carboxylic acids is 3. The fourth-order valence-corrected chi connectivity index (χ4v) is 5.84. The summed E-state index contributed by atoms with van der Waals surface area (Å²) in [7, 11) is 0. The van der Waals surface area contributed by atoms with Crippen molar-refractivity contribution in [3.63, 3.8) is 0 Å². The molecule has 3 heterocycles. The Hall–Kier alpha value is -5.00. The number of imide groups is 1. The van der Waals surface area contributed by atoms with Crippen LogP contribution in [0.5, 0.6) is 0 Å². The third-order valence-electron chi connectivity index (χ3n) is 7.48. The van der Waals surface area contributed by atoms with Gasteiger partial charge >= 0.3 is 6.18 Å². The first-order chi connectivity index (χ1) is 19.1. The third kappa shape index (κ3) is 3.82. The molecule has 0 aromatic heterocycles. The number of para-hydroxylation sites is 2. The highest BCUT2D eigenvalue weighted by atomic mass is 19.4. The van der Waals surface area contributed by atoms with Gasteiger partial charge in [-0.25, -0.2) is 4.90 Å². The highest BCUT2D eigenvalue weighted by molar-refractivity contribution is 6.25. The van der Waals surface area contributed by atoms with Crippen LogP contribution in [0.1, 0.15) is 11.1 Å². The Bertz CT molecular complexity index is 1600. The Kier molecular flexibility index (Phi) is 5.71. The maximum absolute atomic E-state index is 13.9. The van der Waals surface area contributed by atoms with Crippen LogP contribution in [0.3, 0.4) is 0 Å². The van der Waals surface area contributed by atoms with Crippen molar-refractivity contribution in [2.45, 2.75) is 18.3 Å². The van der Waals surface area contributed by atoms with Crippen LogP contribution in [-0.4, -0.2) is 34.7 Å². The molecule has 0 radical (unpaired) electrons. The SMILES string of the molecule is O=C(Nc1ccc([N+](=O)[O-])cc1)[C@@H]1[C@H]2C(=O)N(c3ccccc3C(F)(F)F)C(=O)[C@@H]2[C@@H]2C=Cc3ccccc3N12. The number of alkyl halides is 3. The van der Waals surface area contributed by atoms with Crippen LogP contribution < -0.4 is 15.1 Å². The number of nitro groups is 1. The van der Waals surface area contributed by atoms with Crippen LogP contribution in [0.15, 0.2) is 78.9 Å². The number of nitrogens with zero attached hydrogens (tertiary/aromatic N) is 3. The molecule has 2 fully saturated rings. The molecule has 3 amide bonds. The molecule has 202 valence electrons. The minimum atomic E-state index is -4.82. The predicted octanol–water partition coefficient (Wildman–Crippen LogP) is 4.64. The molecule has 6 rings (SSSR count). The van der Waals surface area contributed by atoms with E-state index in [1.165, 1.54) is 36.4 Å². The van der Waals surface area contributed by atoms with E-state index in [2.05, 4.69) is 5.32 Å².